The minimum absolute atomic E-state index is 0.105. The maximum Gasteiger partial charge on any atom is 0.250 e. The molecular weight excluding hydrogens is 261 g/mol. The predicted octanol–water partition coefficient (Wildman–Crippen LogP) is 2.12. The van der Waals surface area contributed by atoms with E-state index in [1.54, 1.807) is 24.4 Å². The first-order valence-corrected chi connectivity index (χ1v) is 6.33. The average molecular weight is 277 g/mol. The van der Waals surface area contributed by atoms with Gasteiger partial charge in [0.2, 0.25) is 0 Å². The molecule has 0 amide bonds. The SMILES string of the molecule is C[C@@H](O)c1ccc(OCCn2ccccc2=O)cc1F. The standard InChI is InChI=1S/C15H16FNO3/c1-11(18)13-6-5-12(10-14(13)16)20-9-8-17-7-3-2-4-15(17)19/h2-7,10-11,18H,8-9H2,1H3/t11-/m1/s1. The molecule has 0 saturated heterocycles. The fraction of sp³-hybridized carbons (Fsp3) is 0.267. The molecule has 106 valence electrons. The summed E-state index contributed by atoms with van der Waals surface area (Å²) < 4.78 is 20.5. The molecule has 0 spiro atoms. The van der Waals surface area contributed by atoms with Crippen molar-refractivity contribution in [2.24, 2.45) is 0 Å². The maximum atomic E-state index is 13.6. The number of hydrogen-bond acceptors (Lipinski definition) is 3. The van der Waals surface area contributed by atoms with E-state index < -0.39 is 11.9 Å². The van der Waals surface area contributed by atoms with Crippen LogP contribution in [-0.4, -0.2) is 16.3 Å². The largest absolute Gasteiger partial charge is 0.492 e. The van der Waals surface area contributed by atoms with Crippen LogP contribution in [0.25, 0.3) is 0 Å². The molecule has 2 aromatic rings. The monoisotopic (exact) mass is 277 g/mol. The molecule has 1 aromatic heterocycles. The van der Waals surface area contributed by atoms with E-state index in [0.29, 0.717) is 12.3 Å². The maximum absolute atomic E-state index is 13.6. The molecule has 1 heterocycles. The van der Waals surface area contributed by atoms with Crippen LogP contribution in [-0.2, 0) is 6.54 Å². The number of nitrogens with zero attached hydrogens (tertiary/aromatic N) is 1. The molecule has 5 heteroatoms. The second kappa shape index (κ2) is 6.34. The van der Waals surface area contributed by atoms with E-state index >= 15 is 0 Å². The molecule has 0 saturated carbocycles. The minimum atomic E-state index is -0.855. The fourth-order valence-corrected chi connectivity index (χ4v) is 1.84. The van der Waals surface area contributed by atoms with Crippen molar-refractivity contribution < 1.29 is 14.2 Å². The van der Waals surface area contributed by atoms with Gasteiger partial charge in [-0.2, -0.15) is 0 Å². The Morgan fingerprint density at radius 3 is 2.80 bits per heavy atom. The van der Waals surface area contributed by atoms with Gasteiger partial charge in [-0.1, -0.05) is 6.07 Å². The lowest BCUT2D eigenvalue weighted by atomic mass is 10.1. The van der Waals surface area contributed by atoms with E-state index in [2.05, 4.69) is 0 Å². The fourth-order valence-electron chi connectivity index (χ4n) is 1.84. The van der Waals surface area contributed by atoms with Crippen molar-refractivity contribution in [3.05, 3.63) is 64.3 Å². The molecule has 1 atom stereocenters. The van der Waals surface area contributed by atoms with Gasteiger partial charge in [0.05, 0.1) is 12.6 Å². The summed E-state index contributed by atoms with van der Waals surface area (Å²) in [5.41, 5.74) is 0.128. The Bertz CT molecular complexity index is 637. The predicted molar refractivity (Wildman–Crippen MR) is 73.2 cm³/mol. The first-order chi connectivity index (χ1) is 9.58. The van der Waals surface area contributed by atoms with Gasteiger partial charge >= 0.3 is 0 Å². The smallest absolute Gasteiger partial charge is 0.250 e. The van der Waals surface area contributed by atoms with Crippen LogP contribution in [0, 0.1) is 5.82 Å². The number of ether oxygens (including phenoxy) is 1. The van der Waals surface area contributed by atoms with Crippen molar-refractivity contribution in [2.45, 2.75) is 19.6 Å². The van der Waals surface area contributed by atoms with Gasteiger partial charge in [0.25, 0.3) is 5.56 Å². The van der Waals surface area contributed by atoms with Crippen LogP contribution in [0.15, 0.2) is 47.4 Å². The lowest BCUT2D eigenvalue weighted by Crippen LogP contribution is -2.21. The highest BCUT2D eigenvalue weighted by Gasteiger charge is 2.08. The minimum Gasteiger partial charge on any atom is -0.492 e. The van der Waals surface area contributed by atoms with Crippen LogP contribution in [0.1, 0.15) is 18.6 Å². The molecule has 0 bridgehead atoms. The van der Waals surface area contributed by atoms with Gasteiger partial charge in [-0.3, -0.25) is 4.79 Å². The van der Waals surface area contributed by atoms with E-state index in [9.17, 15) is 14.3 Å². The molecule has 0 unspecified atom stereocenters. The summed E-state index contributed by atoms with van der Waals surface area (Å²) >= 11 is 0. The summed E-state index contributed by atoms with van der Waals surface area (Å²) in [6.07, 6.45) is 0.815. The number of benzene rings is 1. The van der Waals surface area contributed by atoms with Crippen LogP contribution in [0.2, 0.25) is 0 Å². The van der Waals surface area contributed by atoms with E-state index in [4.69, 9.17) is 4.74 Å². The second-order valence-electron chi connectivity index (χ2n) is 4.44. The van der Waals surface area contributed by atoms with Gasteiger partial charge in [-0.05, 0) is 25.1 Å². The second-order valence-corrected chi connectivity index (χ2v) is 4.44. The van der Waals surface area contributed by atoms with Gasteiger partial charge in [-0.25, -0.2) is 4.39 Å². The number of aromatic nitrogens is 1. The van der Waals surface area contributed by atoms with Crippen LogP contribution < -0.4 is 10.3 Å². The number of halogens is 1. The van der Waals surface area contributed by atoms with Crippen molar-refractivity contribution in [3.8, 4) is 5.75 Å². The van der Waals surface area contributed by atoms with Crippen LogP contribution in [0.5, 0.6) is 5.75 Å². The molecule has 0 fully saturated rings. The lowest BCUT2D eigenvalue weighted by Gasteiger charge is -2.10. The number of aliphatic hydroxyl groups is 1. The molecule has 2 rings (SSSR count). The Morgan fingerprint density at radius 2 is 2.15 bits per heavy atom. The number of pyridine rings is 1. The van der Waals surface area contributed by atoms with Gasteiger partial charge in [0.15, 0.2) is 0 Å². The van der Waals surface area contributed by atoms with Gasteiger partial charge in [0.1, 0.15) is 18.2 Å². The summed E-state index contributed by atoms with van der Waals surface area (Å²) in [5.74, 6) is -0.134. The van der Waals surface area contributed by atoms with Crippen LogP contribution in [0.4, 0.5) is 4.39 Å². The lowest BCUT2D eigenvalue weighted by molar-refractivity contribution is 0.194. The molecular formula is C15H16FNO3. The zero-order valence-corrected chi connectivity index (χ0v) is 11.1. The Hall–Kier alpha value is -2.14. The third-order valence-electron chi connectivity index (χ3n) is 2.92. The third kappa shape index (κ3) is 3.45. The molecule has 1 N–H and O–H groups in total. The number of rotatable bonds is 5. The quantitative estimate of drug-likeness (QED) is 0.910. The van der Waals surface area contributed by atoms with Crippen molar-refractivity contribution in [3.63, 3.8) is 0 Å². The molecule has 0 radical (unpaired) electrons. The van der Waals surface area contributed by atoms with E-state index in [-0.39, 0.29) is 17.7 Å². The molecule has 0 aliphatic carbocycles. The summed E-state index contributed by atoms with van der Waals surface area (Å²) in [4.78, 5) is 11.5. The topological polar surface area (TPSA) is 51.5 Å². The molecule has 4 nitrogen and oxygen atoms in total. The molecule has 0 aliphatic heterocycles. The molecule has 0 aliphatic rings. The molecule has 1 aromatic carbocycles. The Kier molecular flexibility index (Phi) is 4.53. The van der Waals surface area contributed by atoms with Crippen molar-refractivity contribution in [2.75, 3.05) is 6.61 Å². The van der Waals surface area contributed by atoms with E-state index in [0.717, 1.165) is 0 Å². The van der Waals surface area contributed by atoms with Crippen molar-refractivity contribution >= 4 is 0 Å². The number of aliphatic hydroxyl groups excluding tert-OH is 1. The van der Waals surface area contributed by atoms with Gasteiger partial charge in [0, 0.05) is 23.9 Å². The van der Waals surface area contributed by atoms with Gasteiger partial charge in [-0.15, -0.1) is 0 Å². The van der Waals surface area contributed by atoms with E-state index in [1.807, 2.05) is 0 Å². The highest BCUT2D eigenvalue weighted by Crippen LogP contribution is 2.21. The van der Waals surface area contributed by atoms with Gasteiger partial charge < -0.3 is 14.4 Å². The Balaban J connectivity index is 1.97. The highest BCUT2D eigenvalue weighted by atomic mass is 19.1. The summed E-state index contributed by atoms with van der Waals surface area (Å²) in [7, 11) is 0. The van der Waals surface area contributed by atoms with Crippen molar-refractivity contribution in [1.82, 2.24) is 4.57 Å². The zero-order valence-electron chi connectivity index (χ0n) is 11.1. The first-order valence-electron chi connectivity index (χ1n) is 6.33. The molecule has 20 heavy (non-hydrogen) atoms. The first kappa shape index (κ1) is 14.3. The normalized spacial score (nSPS) is 12.2. The number of hydrogen-bond donors (Lipinski definition) is 1. The average Bonchev–Trinajstić information content (AvgIpc) is 2.40. The van der Waals surface area contributed by atoms with E-state index in [1.165, 1.54) is 29.7 Å². The summed E-state index contributed by atoms with van der Waals surface area (Å²) in [6.45, 7) is 2.15. The third-order valence-corrected chi connectivity index (χ3v) is 2.92. The highest BCUT2D eigenvalue weighted by molar-refractivity contribution is 5.29. The van der Waals surface area contributed by atoms with Crippen molar-refractivity contribution in [1.29, 1.82) is 0 Å². The summed E-state index contributed by atoms with van der Waals surface area (Å²) in [5, 5.41) is 9.33. The van der Waals surface area contributed by atoms with Crippen LogP contribution >= 0.6 is 0 Å². The Morgan fingerprint density at radius 1 is 1.35 bits per heavy atom. The Labute approximate surface area is 116 Å². The van der Waals surface area contributed by atoms with Crippen LogP contribution in [0.3, 0.4) is 0 Å². The zero-order chi connectivity index (χ0) is 14.5. The summed E-state index contributed by atoms with van der Waals surface area (Å²) in [6, 6.07) is 9.22.